The molecule has 380 valence electrons. The number of anilines is 2. The zero-order chi connectivity index (χ0) is 50.9. The molecule has 3 aromatic rings. The number of nitrogens with one attached hydrogen (secondary N) is 2. The number of nitrogens with zero attached hydrogens (tertiary/aromatic N) is 5. The molecule has 4 aliphatic heterocycles. The average molecular weight is 1030 g/mol. The summed E-state index contributed by atoms with van der Waals surface area (Å²) in [5, 5.41) is 15.0. The number of aromatic nitrogens is 2. The number of phosphoric acid groups is 1. The van der Waals surface area contributed by atoms with Crippen molar-refractivity contribution in [2.45, 2.75) is 63.9 Å². The lowest BCUT2D eigenvalue weighted by Gasteiger charge is -2.39. The summed E-state index contributed by atoms with van der Waals surface area (Å²) in [6.07, 6.45) is 0.421. The Balaban J connectivity index is 1.05. The minimum Gasteiger partial charge on any atom is -0.455 e. The molecule has 0 unspecified atom stereocenters. The number of piperazine rings is 1. The summed E-state index contributed by atoms with van der Waals surface area (Å²) >= 11 is 0. The molecule has 8 rings (SSSR count). The normalized spacial score (nSPS) is 18.1. The van der Waals surface area contributed by atoms with E-state index in [0.717, 1.165) is 48.6 Å². The molecule has 0 saturated carbocycles. The Morgan fingerprint density at radius 2 is 1.82 bits per heavy atom. The van der Waals surface area contributed by atoms with E-state index in [4.69, 9.17) is 18.7 Å². The van der Waals surface area contributed by atoms with Gasteiger partial charge in [0.25, 0.3) is 21.6 Å². The van der Waals surface area contributed by atoms with Gasteiger partial charge in [-0.05, 0) is 96.8 Å². The highest BCUT2D eigenvalue weighted by Gasteiger charge is 2.34. The maximum Gasteiger partial charge on any atom is 0.471 e. The van der Waals surface area contributed by atoms with Crippen molar-refractivity contribution < 1.29 is 64.4 Å². The second kappa shape index (κ2) is 20.7. The van der Waals surface area contributed by atoms with Crippen LogP contribution >= 0.6 is 7.82 Å². The van der Waals surface area contributed by atoms with E-state index in [1.807, 2.05) is 4.72 Å². The third-order valence-corrected chi connectivity index (χ3v) is 14.5. The first kappa shape index (κ1) is 51.4. The molecule has 5 aliphatic rings. The average Bonchev–Trinajstić information content (AvgIpc) is 3.79. The van der Waals surface area contributed by atoms with Gasteiger partial charge < -0.3 is 38.8 Å². The molecular weight excluding hydrogens is 975 g/mol. The standard InChI is InChI=1S/C47H53F3N7O12PS/c1-30-20-33(47(48,49)50)4-7-38(30)40-24-46(2,3)12-10-32(40)26-54-14-16-55(17-15-54)34-5-8-39(43(22-34)69-35-21-31-11-13-51-44(31)56(27-35)29-68-70(61,62)63)45(58)53-71(64,65)37-6-9-41(42(23-37)57(59)60)52-25-36-28-66-18-19-67-36/h4-9,11,13,20-23,27,36,52H,10,12,14-19,24-26,28-29H2,1-3H3,(H,53,58)(H2,61,62,63)/t36-/m0/s1. The van der Waals surface area contributed by atoms with E-state index in [9.17, 15) is 50.8 Å². The molecule has 71 heavy (non-hydrogen) atoms. The summed E-state index contributed by atoms with van der Waals surface area (Å²) in [6, 6.07) is 14.9. The first-order valence-electron chi connectivity index (χ1n) is 22.6. The Morgan fingerprint density at radius 1 is 1.04 bits per heavy atom. The quantitative estimate of drug-likeness (QED) is 0.0419. The second-order valence-electron chi connectivity index (χ2n) is 18.4. The van der Waals surface area contributed by atoms with E-state index in [2.05, 4.69) is 33.9 Å². The Morgan fingerprint density at radius 3 is 2.51 bits per heavy atom. The van der Waals surface area contributed by atoms with E-state index in [1.165, 1.54) is 40.7 Å². The predicted molar refractivity (Wildman–Crippen MR) is 255 cm³/mol. The molecule has 0 aromatic heterocycles. The van der Waals surface area contributed by atoms with Crippen LogP contribution in [-0.4, -0.2) is 109 Å². The third kappa shape index (κ3) is 12.6. The molecule has 4 heterocycles. The molecule has 24 heteroatoms. The summed E-state index contributed by atoms with van der Waals surface area (Å²) in [7, 11) is -9.67. The lowest BCUT2D eigenvalue weighted by Crippen LogP contribution is -2.47. The van der Waals surface area contributed by atoms with Crippen LogP contribution in [0.5, 0.6) is 11.5 Å². The number of carbonyl (C=O) groups excluding carboxylic acids is 1. The van der Waals surface area contributed by atoms with Crippen molar-refractivity contribution in [1.29, 1.82) is 0 Å². The van der Waals surface area contributed by atoms with Crippen LogP contribution in [0.3, 0.4) is 0 Å². The molecule has 3 aromatic carbocycles. The number of phosphoric ester groups is 1. The van der Waals surface area contributed by atoms with Gasteiger partial charge >= 0.3 is 14.0 Å². The molecule has 0 spiro atoms. The van der Waals surface area contributed by atoms with Gasteiger partial charge in [-0.1, -0.05) is 25.5 Å². The molecule has 1 aliphatic carbocycles. The Kier molecular flexibility index (Phi) is 15.0. The fourth-order valence-electron chi connectivity index (χ4n) is 8.99. The minimum atomic E-state index is -4.92. The number of allylic oxidation sites excluding steroid dienone is 1. The molecule has 0 bridgehead atoms. The fraction of sp³-hybridized carbons (Fsp3) is 0.404. The smallest absolute Gasteiger partial charge is 0.455 e. The predicted octanol–water partition coefficient (Wildman–Crippen LogP) is 7.81. The number of hydrogen-bond donors (Lipinski definition) is 4. The van der Waals surface area contributed by atoms with Crippen molar-refractivity contribution in [2.24, 2.45) is 5.41 Å². The van der Waals surface area contributed by atoms with Gasteiger partial charge in [0.05, 0.1) is 53.1 Å². The highest BCUT2D eigenvalue weighted by molar-refractivity contribution is 7.90. The maximum absolute atomic E-state index is 14.1. The number of amides is 1. The van der Waals surface area contributed by atoms with Crippen LogP contribution in [0.4, 0.5) is 30.2 Å². The van der Waals surface area contributed by atoms with Gasteiger partial charge in [0.1, 0.15) is 29.7 Å². The number of aryl methyl sites for hydroxylation is 1. The number of fused-ring (bicyclic) bond motifs is 1. The molecule has 2 saturated heterocycles. The lowest BCUT2D eigenvalue weighted by molar-refractivity contribution is -0.384. The zero-order valence-electron chi connectivity index (χ0n) is 39.0. The van der Waals surface area contributed by atoms with E-state index in [1.54, 1.807) is 37.3 Å². The van der Waals surface area contributed by atoms with Crippen molar-refractivity contribution in [2.75, 3.05) is 69.3 Å². The number of halogens is 3. The number of nitro benzene ring substituents is 1. The number of nitro groups is 1. The van der Waals surface area contributed by atoms with Crippen LogP contribution in [0.25, 0.3) is 17.0 Å². The summed E-state index contributed by atoms with van der Waals surface area (Å²) in [6.45, 7) is 9.48. The highest BCUT2D eigenvalue weighted by atomic mass is 32.2. The minimum absolute atomic E-state index is 0.0232. The summed E-state index contributed by atoms with van der Waals surface area (Å²) < 4.78 is 105. The van der Waals surface area contributed by atoms with Crippen LogP contribution in [-0.2, 0) is 41.5 Å². The topological polar surface area (TPSA) is 237 Å². The van der Waals surface area contributed by atoms with Gasteiger partial charge in [0, 0.05) is 68.8 Å². The van der Waals surface area contributed by atoms with Gasteiger partial charge in [-0.2, -0.15) is 13.2 Å². The van der Waals surface area contributed by atoms with Crippen LogP contribution in [0, 0.1) is 22.5 Å². The highest BCUT2D eigenvalue weighted by Crippen LogP contribution is 2.45. The summed E-state index contributed by atoms with van der Waals surface area (Å²) in [4.78, 5) is 52.3. The van der Waals surface area contributed by atoms with E-state index in [-0.39, 0.29) is 47.4 Å². The van der Waals surface area contributed by atoms with Crippen molar-refractivity contribution in [3.63, 3.8) is 0 Å². The Labute approximate surface area is 407 Å². The molecule has 4 N–H and O–H groups in total. The zero-order valence-corrected chi connectivity index (χ0v) is 40.7. The van der Waals surface area contributed by atoms with Crippen molar-refractivity contribution in [1.82, 2.24) is 19.2 Å². The summed E-state index contributed by atoms with van der Waals surface area (Å²) in [5.41, 5.74) is 3.23. The molecule has 1 atom stereocenters. The largest absolute Gasteiger partial charge is 0.471 e. The van der Waals surface area contributed by atoms with Crippen molar-refractivity contribution in [3.05, 3.63) is 117 Å². The van der Waals surface area contributed by atoms with E-state index < -0.39 is 57.7 Å². The van der Waals surface area contributed by atoms with Crippen molar-refractivity contribution >= 4 is 46.4 Å². The lowest BCUT2D eigenvalue weighted by atomic mass is 9.72. The number of alkyl halides is 3. The first-order valence-corrected chi connectivity index (χ1v) is 25.7. The van der Waals surface area contributed by atoms with Gasteiger partial charge in [0.15, 0.2) is 0 Å². The van der Waals surface area contributed by atoms with E-state index >= 15 is 0 Å². The number of sulfonamides is 1. The maximum atomic E-state index is 14.1. The fourth-order valence-corrected chi connectivity index (χ4v) is 10.3. The van der Waals surface area contributed by atoms with Crippen LogP contribution in [0.2, 0.25) is 0 Å². The molecule has 19 nitrogen and oxygen atoms in total. The monoisotopic (exact) mass is 1030 g/mol. The number of rotatable bonds is 16. The van der Waals surface area contributed by atoms with Gasteiger partial charge in [-0.25, -0.2) is 22.7 Å². The van der Waals surface area contributed by atoms with Crippen LogP contribution in [0.1, 0.15) is 60.2 Å². The van der Waals surface area contributed by atoms with Gasteiger partial charge in [-0.15, -0.1) is 0 Å². The molecule has 0 radical (unpaired) electrons. The Hall–Kier alpha value is -5.91. The first-order chi connectivity index (χ1) is 33.5. The van der Waals surface area contributed by atoms with Gasteiger partial charge in [-0.3, -0.25) is 24.3 Å². The van der Waals surface area contributed by atoms with Crippen LogP contribution < -0.4 is 19.7 Å². The number of hydrogen-bond acceptors (Lipinski definition) is 14. The van der Waals surface area contributed by atoms with Gasteiger partial charge in [0.2, 0.25) is 0 Å². The number of carbonyl (C=O) groups is 1. The molecular formula is C47H53F3N7O12PS. The molecule has 1 amide bonds. The molecule has 2 fully saturated rings. The number of benzene rings is 3. The second-order valence-corrected chi connectivity index (χ2v) is 21.4. The van der Waals surface area contributed by atoms with Crippen LogP contribution in [0.15, 0.2) is 89.6 Å². The van der Waals surface area contributed by atoms with Crippen molar-refractivity contribution in [3.8, 4) is 22.9 Å². The number of pyridine rings is 1. The SMILES string of the molecule is Cc1cc(C(F)(F)F)ccc1C1=C(CN2CCN(c3ccc(C(=O)NS(=O)(=O)c4ccc(NC[C@H]5COCCO5)c([N+](=O)[O-])c4)c(Oc4cc5ccnc-5n(COP(=O)(O)O)c4)c3)CC2)CCC(C)(C)C1. The number of ether oxygens (including phenoxy) is 3. The van der Waals surface area contributed by atoms with E-state index in [0.29, 0.717) is 68.6 Å². The Bertz CT molecular complexity index is 2970. The third-order valence-electron chi connectivity index (χ3n) is 12.7. The summed E-state index contributed by atoms with van der Waals surface area (Å²) in [5.74, 6) is -0.884.